The lowest BCUT2D eigenvalue weighted by molar-refractivity contribution is -0.125. The van der Waals surface area contributed by atoms with Crippen molar-refractivity contribution in [3.63, 3.8) is 0 Å². The molecule has 2 amide bonds. The van der Waals surface area contributed by atoms with Crippen molar-refractivity contribution in [3.05, 3.63) is 59.2 Å². The highest BCUT2D eigenvalue weighted by Gasteiger charge is 2.42. The molecule has 0 aliphatic carbocycles. The molecule has 30 heavy (non-hydrogen) atoms. The standard InChI is InChI=1S/C23H24N4O2S/c1-13(2)20-22(29)27-21(26-20)17-7-5-6-8-18(17)25-23(27)30-12-19(28)24-16-10-14(3)9-15(4)11-16/h5-11,13,20H,12H2,1-4H3,(H,24,28)/t20-/m1/s1. The first-order valence-electron chi connectivity index (χ1n) is 9.94. The van der Waals surface area contributed by atoms with Crippen molar-refractivity contribution >= 4 is 46.0 Å². The normalized spacial score (nSPS) is 17.4. The molecule has 2 aliphatic rings. The predicted octanol–water partition coefficient (Wildman–Crippen LogP) is 4.29. The number of thioether (sulfide) groups is 1. The fourth-order valence-corrected chi connectivity index (χ4v) is 4.48. The average Bonchev–Trinajstić information content (AvgIpc) is 3.03. The number of nitrogens with one attached hydrogen (secondary N) is 1. The third-order valence-corrected chi connectivity index (χ3v) is 5.91. The number of nitrogens with zero attached hydrogens (tertiary/aromatic N) is 3. The molecule has 154 valence electrons. The fourth-order valence-electron chi connectivity index (χ4n) is 3.67. The number of aliphatic imine (C=N–C) groups is 2. The van der Waals surface area contributed by atoms with E-state index in [1.165, 1.54) is 11.8 Å². The van der Waals surface area contributed by atoms with Crippen molar-refractivity contribution in [1.82, 2.24) is 4.90 Å². The van der Waals surface area contributed by atoms with Crippen LogP contribution in [0.1, 0.15) is 30.5 Å². The van der Waals surface area contributed by atoms with Gasteiger partial charge in [-0.1, -0.05) is 43.8 Å². The Morgan fingerprint density at radius 1 is 1.17 bits per heavy atom. The van der Waals surface area contributed by atoms with Crippen molar-refractivity contribution in [3.8, 4) is 0 Å². The van der Waals surface area contributed by atoms with Gasteiger partial charge in [-0.05, 0) is 55.2 Å². The van der Waals surface area contributed by atoms with E-state index in [9.17, 15) is 9.59 Å². The SMILES string of the molecule is Cc1cc(C)cc(NC(=O)CSC2=Nc3ccccc3C3=N[C@H](C(C)C)C(=O)N23)c1. The molecule has 0 bridgehead atoms. The minimum absolute atomic E-state index is 0.0851. The molecule has 1 N–H and O–H groups in total. The van der Waals surface area contributed by atoms with Gasteiger partial charge in [-0.15, -0.1) is 0 Å². The van der Waals surface area contributed by atoms with Crippen LogP contribution in [0.2, 0.25) is 0 Å². The lowest BCUT2D eigenvalue weighted by Crippen LogP contribution is -2.42. The molecule has 2 aromatic rings. The lowest BCUT2D eigenvalue weighted by Gasteiger charge is -2.25. The number of carbonyl (C=O) groups is 2. The van der Waals surface area contributed by atoms with E-state index in [2.05, 4.69) is 16.4 Å². The zero-order valence-electron chi connectivity index (χ0n) is 17.5. The van der Waals surface area contributed by atoms with Gasteiger partial charge in [0.1, 0.15) is 11.9 Å². The highest BCUT2D eigenvalue weighted by atomic mass is 32.2. The number of amides is 2. The highest BCUT2D eigenvalue weighted by molar-refractivity contribution is 8.14. The summed E-state index contributed by atoms with van der Waals surface area (Å²) in [5.41, 5.74) is 4.57. The number of carbonyl (C=O) groups excluding carboxylic acids is 2. The van der Waals surface area contributed by atoms with Gasteiger partial charge in [0.2, 0.25) is 5.91 Å². The Balaban J connectivity index is 1.55. The molecule has 0 unspecified atom stereocenters. The van der Waals surface area contributed by atoms with E-state index in [0.29, 0.717) is 11.0 Å². The van der Waals surface area contributed by atoms with Crippen LogP contribution in [0.5, 0.6) is 0 Å². The van der Waals surface area contributed by atoms with E-state index in [0.717, 1.165) is 28.1 Å². The molecule has 0 spiro atoms. The summed E-state index contributed by atoms with van der Waals surface area (Å²) < 4.78 is 0. The van der Waals surface area contributed by atoms with Crippen molar-refractivity contribution in [2.45, 2.75) is 33.7 Å². The largest absolute Gasteiger partial charge is 0.325 e. The van der Waals surface area contributed by atoms with Gasteiger partial charge >= 0.3 is 0 Å². The minimum Gasteiger partial charge on any atom is -0.325 e. The van der Waals surface area contributed by atoms with Gasteiger partial charge in [-0.25, -0.2) is 9.89 Å². The van der Waals surface area contributed by atoms with Crippen molar-refractivity contribution < 1.29 is 9.59 Å². The summed E-state index contributed by atoms with van der Waals surface area (Å²) in [7, 11) is 0. The quantitative estimate of drug-likeness (QED) is 0.802. The van der Waals surface area contributed by atoms with E-state index in [1.54, 1.807) is 4.90 Å². The first-order chi connectivity index (χ1) is 14.3. The predicted molar refractivity (Wildman–Crippen MR) is 123 cm³/mol. The average molecular weight is 421 g/mol. The Labute approximate surface area is 180 Å². The summed E-state index contributed by atoms with van der Waals surface area (Å²) in [6.45, 7) is 7.96. The zero-order valence-corrected chi connectivity index (χ0v) is 18.3. The summed E-state index contributed by atoms with van der Waals surface area (Å²) in [4.78, 5) is 36.5. The molecule has 6 nitrogen and oxygen atoms in total. The lowest BCUT2D eigenvalue weighted by atomic mass is 10.1. The van der Waals surface area contributed by atoms with Crippen molar-refractivity contribution in [2.24, 2.45) is 15.9 Å². The number of fused-ring (bicyclic) bond motifs is 3. The number of rotatable bonds is 4. The number of benzene rings is 2. The van der Waals surface area contributed by atoms with Crippen LogP contribution in [-0.2, 0) is 9.59 Å². The van der Waals surface area contributed by atoms with Crippen LogP contribution in [0.15, 0.2) is 52.4 Å². The Kier molecular flexibility index (Phi) is 5.47. The highest BCUT2D eigenvalue weighted by Crippen LogP contribution is 2.34. The number of para-hydroxylation sites is 1. The van der Waals surface area contributed by atoms with Crippen molar-refractivity contribution in [2.75, 3.05) is 11.1 Å². The third kappa shape index (κ3) is 3.89. The minimum atomic E-state index is -0.430. The Morgan fingerprint density at radius 2 is 1.87 bits per heavy atom. The van der Waals surface area contributed by atoms with Crippen LogP contribution in [0.25, 0.3) is 0 Å². The molecule has 0 radical (unpaired) electrons. The number of hydrogen-bond donors (Lipinski definition) is 1. The number of hydrogen-bond acceptors (Lipinski definition) is 5. The summed E-state index contributed by atoms with van der Waals surface area (Å²) in [6.07, 6.45) is 0. The number of anilines is 1. The monoisotopic (exact) mass is 420 g/mol. The molecule has 0 saturated heterocycles. The van der Waals surface area contributed by atoms with Crippen LogP contribution in [0.4, 0.5) is 11.4 Å². The van der Waals surface area contributed by atoms with E-state index >= 15 is 0 Å². The smallest absolute Gasteiger partial charge is 0.259 e. The van der Waals surface area contributed by atoms with E-state index in [-0.39, 0.29) is 23.5 Å². The van der Waals surface area contributed by atoms with Gasteiger partial charge in [-0.3, -0.25) is 14.6 Å². The molecular formula is C23H24N4O2S. The van der Waals surface area contributed by atoms with Gasteiger partial charge in [-0.2, -0.15) is 0 Å². The maximum atomic E-state index is 13.0. The Hall–Kier alpha value is -2.93. The molecule has 1 atom stereocenters. The van der Waals surface area contributed by atoms with Crippen LogP contribution in [-0.4, -0.2) is 39.5 Å². The second kappa shape index (κ2) is 8.07. The molecular weight excluding hydrogens is 396 g/mol. The molecule has 2 heterocycles. The molecule has 7 heteroatoms. The topological polar surface area (TPSA) is 74.1 Å². The van der Waals surface area contributed by atoms with Gasteiger partial charge in [0.05, 0.1) is 11.4 Å². The maximum absolute atomic E-state index is 13.0. The second-order valence-corrected chi connectivity index (χ2v) is 8.88. The maximum Gasteiger partial charge on any atom is 0.259 e. The molecule has 0 aromatic heterocycles. The van der Waals surface area contributed by atoms with E-state index in [1.807, 2.05) is 64.1 Å². The van der Waals surface area contributed by atoms with Crippen LogP contribution in [0.3, 0.4) is 0 Å². The number of amidine groups is 2. The molecule has 0 saturated carbocycles. The summed E-state index contributed by atoms with van der Waals surface area (Å²) in [5, 5.41) is 3.43. The summed E-state index contributed by atoms with van der Waals surface area (Å²) in [6, 6.07) is 13.2. The molecule has 2 aliphatic heterocycles. The van der Waals surface area contributed by atoms with Gasteiger partial charge in [0.15, 0.2) is 5.17 Å². The Bertz CT molecular complexity index is 1070. The molecule has 0 fully saturated rings. The second-order valence-electron chi connectivity index (χ2n) is 7.94. The van der Waals surface area contributed by atoms with Crippen LogP contribution >= 0.6 is 11.8 Å². The first kappa shape index (κ1) is 20.3. The molecule has 4 rings (SSSR count). The fraction of sp³-hybridized carbons (Fsp3) is 0.304. The van der Waals surface area contributed by atoms with Gasteiger partial charge < -0.3 is 5.32 Å². The first-order valence-corrected chi connectivity index (χ1v) is 10.9. The summed E-state index contributed by atoms with van der Waals surface area (Å²) in [5.74, 6) is 0.633. The van der Waals surface area contributed by atoms with E-state index < -0.39 is 6.04 Å². The van der Waals surface area contributed by atoms with Crippen LogP contribution in [0, 0.1) is 19.8 Å². The summed E-state index contributed by atoms with van der Waals surface area (Å²) >= 11 is 1.25. The zero-order chi connectivity index (χ0) is 21.4. The Morgan fingerprint density at radius 3 is 2.57 bits per heavy atom. The third-order valence-electron chi connectivity index (χ3n) is 4.97. The number of aryl methyl sites for hydroxylation is 2. The molecule has 2 aromatic carbocycles. The van der Waals surface area contributed by atoms with Gasteiger partial charge in [0, 0.05) is 11.3 Å². The van der Waals surface area contributed by atoms with Crippen LogP contribution < -0.4 is 5.32 Å². The van der Waals surface area contributed by atoms with E-state index in [4.69, 9.17) is 4.99 Å². The van der Waals surface area contributed by atoms with Gasteiger partial charge in [0.25, 0.3) is 5.91 Å². The van der Waals surface area contributed by atoms with Crippen molar-refractivity contribution in [1.29, 1.82) is 0 Å².